The van der Waals surface area contributed by atoms with Gasteiger partial charge in [-0.25, -0.2) is 14.4 Å². The van der Waals surface area contributed by atoms with Crippen molar-refractivity contribution in [2.75, 3.05) is 54.6 Å². The Kier molecular flexibility index (Phi) is 13.9. The van der Waals surface area contributed by atoms with Crippen molar-refractivity contribution >= 4 is 65.1 Å². The number of carbonyl (C=O) groups is 7. The number of ketones is 2. The molecule has 2 fully saturated rings. The van der Waals surface area contributed by atoms with E-state index in [1.165, 1.54) is 31.1 Å². The van der Waals surface area contributed by atoms with Crippen LogP contribution in [0.1, 0.15) is 30.1 Å². The van der Waals surface area contributed by atoms with Crippen molar-refractivity contribution in [3.05, 3.63) is 95.6 Å². The zero-order valence-electron chi connectivity index (χ0n) is 35.3. The molecule has 27 nitrogen and oxygen atoms in total. The van der Waals surface area contributed by atoms with E-state index in [0.29, 0.717) is 37.1 Å². The molecule has 0 bridgehead atoms. The summed E-state index contributed by atoms with van der Waals surface area (Å²) >= 11 is 0. The van der Waals surface area contributed by atoms with E-state index in [4.69, 9.17) is 31.8 Å². The summed E-state index contributed by atoms with van der Waals surface area (Å²) in [4.78, 5) is 128. The standard InChI is InChI=1S/C20H23N7O7.C15H18N4O5.C4H3FN2O2/c21-20-25-16-15(18(32)26-20)27(9-28)12(8-23-16)7-22-11-3-1-10(2-4-11)17(31)24-13(19(33)34)5-6-14(29)30;1-5-9(16)12(21)8-6(4-24-14(17)22)15(23-2)13-7(18-13)3-19(15)10(8)11(5)20;5-2-1-6-4(9)7-3(2)8/h1-4,9,12-13,22H,5-8H2,(H,24,31)(H,29,30)(H,33,34)(H4,21,23,25,26,32);6-7,13,18H,3-4,16H2,1-2H3,(H2,17,22);1H,(H2,6,7,8,9)/t12-,13-;6-,7+,13+,15-;/m11./s1. The molecule has 6 atom stereocenters. The van der Waals surface area contributed by atoms with E-state index in [9.17, 15) is 57.4 Å². The maximum atomic E-state index is 12.8. The molecule has 0 spiro atoms. The number of aromatic amines is 3. The first-order valence-corrected chi connectivity index (χ1v) is 20.0. The van der Waals surface area contributed by atoms with Crippen molar-refractivity contribution in [2.45, 2.75) is 49.7 Å². The van der Waals surface area contributed by atoms with Gasteiger partial charge < -0.3 is 72.9 Å². The van der Waals surface area contributed by atoms with Gasteiger partial charge in [0.15, 0.2) is 17.2 Å². The lowest BCUT2D eigenvalue weighted by Gasteiger charge is -2.39. The normalized spacial score (nSPS) is 22.3. The predicted molar refractivity (Wildman–Crippen MR) is 229 cm³/mol. The Morgan fingerprint density at radius 3 is 2.36 bits per heavy atom. The number of anilines is 4. The molecule has 0 unspecified atom stereocenters. The molecule has 1 aliphatic carbocycles. The number of primary amides is 1. The Hall–Kier alpha value is -8.40. The van der Waals surface area contributed by atoms with Crippen LogP contribution in [-0.4, -0.2) is 140 Å². The molecule has 1 aromatic carbocycles. The highest BCUT2D eigenvalue weighted by Crippen LogP contribution is 2.55. The average molecular weight is 938 g/mol. The lowest BCUT2D eigenvalue weighted by Crippen LogP contribution is -2.55. The van der Waals surface area contributed by atoms with Crippen LogP contribution in [0.15, 0.2) is 67.4 Å². The number of aromatic nitrogens is 4. The lowest BCUT2D eigenvalue weighted by atomic mass is 9.82. The van der Waals surface area contributed by atoms with Gasteiger partial charge in [0, 0.05) is 67.8 Å². The van der Waals surface area contributed by atoms with E-state index < -0.39 is 82.5 Å². The molecular weight excluding hydrogens is 894 g/mol. The highest BCUT2D eigenvalue weighted by molar-refractivity contribution is 6.25. The third-order valence-electron chi connectivity index (χ3n) is 11.4. The molecule has 2 saturated heterocycles. The number of nitrogens with one attached hydrogen (secondary N) is 7. The maximum absolute atomic E-state index is 12.8. The average Bonchev–Trinajstić information content (AvgIpc) is 3.90. The van der Waals surface area contributed by atoms with Gasteiger partial charge in [0.25, 0.3) is 17.0 Å². The molecule has 15 N–H and O–H groups in total. The number of halogens is 1. The summed E-state index contributed by atoms with van der Waals surface area (Å²) in [5.74, 6) is -5.34. The number of fused-ring (bicyclic) bond motifs is 5. The number of carboxylic acid groups (broad SMARTS) is 2. The second-order valence-electron chi connectivity index (χ2n) is 15.3. The van der Waals surface area contributed by atoms with Crippen LogP contribution in [0.5, 0.6) is 0 Å². The Labute approximate surface area is 374 Å². The monoisotopic (exact) mass is 937 g/mol. The Balaban J connectivity index is 0.000000193. The first-order valence-electron chi connectivity index (χ1n) is 20.0. The minimum absolute atomic E-state index is 0.0586. The van der Waals surface area contributed by atoms with Gasteiger partial charge in [0.05, 0.1) is 29.4 Å². The van der Waals surface area contributed by atoms with Crippen molar-refractivity contribution in [1.29, 1.82) is 0 Å². The first kappa shape index (κ1) is 48.1. The van der Waals surface area contributed by atoms with E-state index in [1.807, 2.05) is 9.88 Å². The number of carboxylic acids is 2. The van der Waals surface area contributed by atoms with E-state index >= 15 is 0 Å². The Morgan fingerprint density at radius 2 is 1.76 bits per heavy atom. The minimum atomic E-state index is -1.33. The summed E-state index contributed by atoms with van der Waals surface area (Å²) in [5.41, 5.74) is 14.8. The van der Waals surface area contributed by atoms with Crippen molar-refractivity contribution in [3.63, 3.8) is 0 Å². The van der Waals surface area contributed by atoms with Gasteiger partial charge in [0.2, 0.25) is 29.7 Å². The van der Waals surface area contributed by atoms with Crippen molar-refractivity contribution < 1.29 is 57.6 Å². The van der Waals surface area contributed by atoms with Crippen LogP contribution in [0, 0.1) is 11.7 Å². The van der Waals surface area contributed by atoms with Gasteiger partial charge in [-0.3, -0.25) is 43.5 Å². The van der Waals surface area contributed by atoms with Gasteiger partial charge in [-0.15, -0.1) is 0 Å². The number of amides is 3. The molecular formula is C39H44FN13O14. The van der Waals surface area contributed by atoms with Crippen molar-refractivity contribution in [3.8, 4) is 0 Å². The van der Waals surface area contributed by atoms with Gasteiger partial charge in [-0.1, -0.05) is 0 Å². The number of Topliss-reactive ketones (excluding diaryl/α,β-unsaturated/α-hetero) is 2. The predicted octanol–water partition coefficient (Wildman–Crippen LogP) is -3.18. The number of nitrogens with zero attached hydrogens (tertiary/aromatic N) is 3. The molecule has 0 saturated carbocycles. The highest BCUT2D eigenvalue weighted by Gasteiger charge is 2.72. The number of nitrogens with two attached hydrogens (primary N) is 3. The van der Waals surface area contributed by atoms with Crippen LogP contribution in [-0.2, 0) is 33.4 Å². The number of ether oxygens (including phenoxy) is 2. The molecule has 2 aromatic heterocycles. The van der Waals surface area contributed by atoms with Gasteiger partial charge in [-0.05, 0) is 37.6 Å². The fraction of sp³-hybridized carbons (Fsp3) is 0.359. The first-order chi connectivity index (χ1) is 31.7. The fourth-order valence-electron chi connectivity index (χ4n) is 8.10. The summed E-state index contributed by atoms with van der Waals surface area (Å²) < 4.78 is 22.8. The smallest absolute Gasteiger partial charge is 0.404 e. The molecule has 0 radical (unpaired) electrons. The number of carbonyl (C=O) groups excluding carboxylic acids is 5. The quantitative estimate of drug-likeness (QED) is 0.0457. The summed E-state index contributed by atoms with van der Waals surface area (Å²) in [6.45, 7) is 2.49. The molecule has 8 rings (SSSR count). The largest absolute Gasteiger partial charge is 0.481 e. The van der Waals surface area contributed by atoms with Crippen LogP contribution >= 0.6 is 0 Å². The zero-order chi connectivity index (χ0) is 49.1. The van der Waals surface area contributed by atoms with Gasteiger partial charge in [0.1, 0.15) is 12.6 Å². The van der Waals surface area contributed by atoms with Crippen LogP contribution in [0.25, 0.3) is 0 Å². The second-order valence-corrected chi connectivity index (χ2v) is 15.3. The number of piperazine rings is 1. The van der Waals surface area contributed by atoms with Crippen LogP contribution in [0.2, 0.25) is 0 Å². The van der Waals surface area contributed by atoms with E-state index in [0.717, 1.165) is 0 Å². The number of rotatable bonds is 13. The third kappa shape index (κ3) is 9.68. The van der Waals surface area contributed by atoms with Crippen molar-refractivity contribution in [2.24, 2.45) is 17.4 Å². The minimum Gasteiger partial charge on any atom is -0.481 e. The molecule has 4 aliphatic heterocycles. The molecule has 6 heterocycles. The van der Waals surface area contributed by atoms with E-state index in [-0.39, 0.29) is 77.3 Å². The molecule has 67 heavy (non-hydrogen) atoms. The third-order valence-corrected chi connectivity index (χ3v) is 11.4. The number of benzene rings is 1. The lowest BCUT2D eigenvalue weighted by molar-refractivity contribution is -0.140. The van der Waals surface area contributed by atoms with Crippen molar-refractivity contribution in [1.82, 2.24) is 35.5 Å². The van der Waals surface area contributed by atoms with Crippen LogP contribution < -0.4 is 60.2 Å². The molecule has 28 heteroatoms. The zero-order valence-corrected chi connectivity index (χ0v) is 35.3. The highest BCUT2D eigenvalue weighted by atomic mass is 19.1. The summed E-state index contributed by atoms with van der Waals surface area (Å²) in [5, 5.41) is 29.5. The number of H-pyrrole nitrogens is 3. The maximum Gasteiger partial charge on any atom is 0.404 e. The number of nitrogen functional groups attached to an aromatic ring is 1. The summed E-state index contributed by atoms with van der Waals surface area (Å²) in [6.07, 6.45) is -0.341. The summed E-state index contributed by atoms with van der Waals surface area (Å²) in [6, 6.07) is 4.47. The number of hydrogen-bond acceptors (Lipinski definition) is 19. The molecule has 3 amide bonds. The van der Waals surface area contributed by atoms with Crippen LogP contribution in [0.4, 0.5) is 32.3 Å². The summed E-state index contributed by atoms with van der Waals surface area (Å²) in [7, 11) is 1.52. The topological polar surface area (TPSA) is 432 Å². The fourth-order valence-corrected chi connectivity index (χ4v) is 8.10. The Morgan fingerprint density at radius 1 is 1.06 bits per heavy atom. The number of allylic oxidation sites excluding steroid dienone is 2. The second kappa shape index (κ2) is 19.4. The molecule has 5 aliphatic rings. The number of methoxy groups -OCH3 is 1. The SMILES string of the molecule is CO[C@@]12[C@H](COC(N)=O)C3=C(C(=O)C(C)=C(N)C3=O)N1C[C@@H]1N[C@@H]12.Nc1nc2c(c(=O)[nH]1)N(C=O)[C@H](CNc1ccc(C(=O)N[C@H](CCC(=O)O)C(=O)O)cc1)CN2.O=c1[nH]cc(F)c(=O)[nH]1. The molecule has 3 aromatic rings. The number of aliphatic carboxylic acids is 2. The number of hydrogen-bond donors (Lipinski definition) is 12. The van der Waals surface area contributed by atoms with Crippen LogP contribution in [0.3, 0.4) is 0 Å². The van der Waals surface area contributed by atoms with Gasteiger partial charge in [-0.2, -0.15) is 9.37 Å². The van der Waals surface area contributed by atoms with Gasteiger partial charge >= 0.3 is 23.7 Å². The van der Waals surface area contributed by atoms with E-state index in [2.05, 4.69) is 31.2 Å². The Bertz CT molecular complexity index is 2770. The van der Waals surface area contributed by atoms with E-state index in [1.54, 1.807) is 17.1 Å². The molecule has 356 valence electrons.